The second-order valence-corrected chi connectivity index (χ2v) is 7.82. The molecule has 2 aromatic carbocycles. The van der Waals surface area contributed by atoms with E-state index in [1.165, 1.54) is 11.3 Å². The number of rotatable bonds is 5. The zero-order chi connectivity index (χ0) is 17.0. The predicted octanol–water partition coefficient (Wildman–Crippen LogP) is 3.79. The quantitative estimate of drug-likeness (QED) is 0.558. The van der Waals surface area contributed by atoms with Gasteiger partial charge in [-0.25, -0.2) is 0 Å². The van der Waals surface area contributed by atoms with Crippen molar-refractivity contribution in [3.63, 3.8) is 0 Å². The topological polar surface area (TPSA) is 58.5 Å². The van der Waals surface area contributed by atoms with Crippen molar-refractivity contribution in [2.24, 2.45) is 5.10 Å². The summed E-state index contributed by atoms with van der Waals surface area (Å²) in [5.41, 5.74) is 2.45. The molecule has 0 aliphatic rings. The first kappa shape index (κ1) is 16.4. The SMILES string of the molecule is Cc1ccc(S(=O)(=O)N/N=C(/c2ccccc2)c2cccs2)cc1. The highest BCUT2D eigenvalue weighted by molar-refractivity contribution is 7.89. The van der Waals surface area contributed by atoms with E-state index < -0.39 is 10.0 Å². The second-order valence-electron chi connectivity index (χ2n) is 5.21. The fourth-order valence-corrected chi connectivity index (χ4v) is 3.69. The molecule has 0 radical (unpaired) electrons. The lowest BCUT2D eigenvalue weighted by Gasteiger charge is -2.08. The van der Waals surface area contributed by atoms with Gasteiger partial charge in [-0.2, -0.15) is 18.4 Å². The summed E-state index contributed by atoms with van der Waals surface area (Å²) in [5.74, 6) is 0. The Labute approximate surface area is 145 Å². The van der Waals surface area contributed by atoms with Crippen LogP contribution in [0.5, 0.6) is 0 Å². The van der Waals surface area contributed by atoms with Gasteiger partial charge in [0, 0.05) is 5.56 Å². The smallest absolute Gasteiger partial charge is 0.200 e. The summed E-state index contributed by atoms with van der Waals surface area (Å²) in [6.45, 7) is 1.91. The number of nitrogens with zero attached hydrogens (tertiary/aromatic N) is 1. The third-order valence-corrected chi connectivity index (χ3v) is 5.51. The van der Waals surface area contributed by atoms with Gasteiger partial charge in [0.15, 0.2) is 0 Å². The zero-order valence-corrected chi connectivity index (χ0v) is 14.6. The van der Waals surface area contributed by atoms with Crippen LogP contribution < -0.4 is 4.83 Å². The lowest BCUT2D eigenvalue weighted by molar-refractivity contribution is 0.584. The Morgan fingerprint density at radius 2 is 1.67 bits per heavy atom. The highest BCUT2D eigenvalue weighted by Crippen LogP contribution is 2.17. The van der Waals surface area contributed by atoms with Gasteiger partial charge in [-0.05, 0) is 30.5 Å². The Bertz CT molecular complexity index is 930. The van der Waals surface area contributed by atoms with Crippen LogP contribution in [0.25, 0.3) is 0 Å². The number of hydrogen-bond donors (Lipinski definition) is 1. The average Bonchev–Trinajstić information content (AvgIpc) is 3.11. The van der Waals surface area contributed by atoms with Gasteiger partial charge in [0.25, 0.3) is 10.0 Å². The molecule has 0 unspecified atom stereocenters. The molecule has 0 fully saturated rings. The van der Waals surface area contributed by atoms with E-state index in [0.717, 1.165) is 16.0 Å². The average molecular weight is 356 g/mol. The number of sulfonamides is 1. The van der Waals surface area contributed by atoms with E-state index in [0.29, 0.717) is 5.71 Å². The van der Waals surface area contributed by atoms with Crippen LogP contribution in [0.2, 0.25) is 0 Å². The van der Waals surface area contributed by atoms with Gasteiger partial charge in [0.2, 0.25) is 0 Å². The van der Waals surface area contributed by atoms with E-state index in [1.54, 1.807) is 24.3 Å². The predicted molar refractivity (Wildman–Crippen MR) is 97.9 cm³/mol. The highest BCUT2D eigenvalue weighted by Gasteiger charge is 2.14. The standard InChI is InChI=1S/C18H16N2O2S2/c1-14-9-11-16(12-10-14)24(21,22)20-19-18(17-8-5-13-23-17)15-6-3-2-4-7-15/h2-13,20H,1H3/b19-18-. The molecule has 0 atom stereocenters. The molecule has 1 aromatic heterocycles. The molecule has 0 bridgehead atoms. The second kappa shape index (κ2) is 6.98. The van der Waals surface area contributed by atoms with E-state index in [-0.39, 0.29) is 4.90 Å². The van der Waals surface area contributed by atoms with Crippen LogP contribution >= 0.6 is 11.3 Å². The number of benzene rings is 2. The summed E-state index contributed by atoms with van der Waals surface area (Å²) in [4.78, 5) is 3.43. The Hall–Kier alpha value is -2.44. The van der Waals surface area contributed by atoms with Crippen LogP contribution in [0.4, 0.5) is 0 Å². The van der Waals surface area contributed by atoms with Gasteiger partial charge in [0.1, 0.15) is 5.71 Å². The lowest BCUT2D eigenvalue weighted by atomic mass is 10.1. The maximum absolute atomic E-state index is 12.4. The van der Waals surface area contributed by atoms with E-state index in [4.69, 9.17) is 0 Å². The molecule has 24 heavy (non-hydrogen) atoms. The first-order valence-electron chi connectivity index (χ1n) is 7.32. The van der Waals surface area contributed by atoms with E-state index in [1.807, 2.05) is 54.8 Å². The third-order valence-electron chi connectivity index (χ3n) is 3.41. The fraction of sp³-hybridized carbons (Fsp3) is 0.0556. The van der Waals surface area contributed by atoms with Crippen LogP contribution in [0, 0.1) is 6.92 Å². The van der Waals surface area contributed by atoms with Crippen molar-refractivity contribution < 1.29 is 8.42 Å². The van der Waals surface area contributed by atoms with Gasteiger partial charge in [0.05, 0.1) is 9.77 Å². The molecule has 1 N–H and O–H groups in total. The van der Waals surface area contributed by atoms with Gasteiger partial charge in [-0.3, -0.25) is 0 Å². The van der Waals surface area contributed by atoms with Crippen molar-refractivity contribution in [3.05, 3.63) is 88.1 Å². The molecule has 0 aliphatic heterocycles. The van der Waals surface area contributed by atoms with Gasteiger partial charge in [-0.15, -0.1) is 11.3 Å². The highest BCUT2D eigenvalue weighted by atomic mass is 32.2. The number of hydrogen-bond acceptors (Lipinski definition) is 4. The molecule has 0 aliphatic carbocycles. The first-order chi connectivity index (χ1) is 11.6. The van der Waals surface area contributed by atoms with E-state index in [2.05, 4.69) is 9.93 Å². The molecular weight excluding hydrogens is 340 g/mol. The molecular formula is C18H16N2O2S2. The number of thiophene rings is 1. The van der Waals surface area contributed by atoms with Crippen molar-refractivity contribution in [3.8, 4) is 0 Å². The van der Waals surface area contributed by atoms with Crippen molar-refractivity contribution in [1.82, 2.24) is 4.83 Å². The molecule has 0 amide bonds. The Morgan fingerprint density at radius 3 is 2.29 bits per heavy atom. The maximum atomic E-state index is 12.4. The summed E-state index contributed by atoms with van der Waals surface area (Å²) in [7, 11) is -3.70. The van der Waals surface area contributed by atoms with Crippen LogP contribution in [0.1, 0.15) is 16.0 Å². The van der Waals surface area contributed by atoms with E-state index in [9.17, 15) is 8.42 Å². The monoisotopic (exact) mass is 356 g/mol. The number of aryl methyl sites for hydroxylation is 1. The first-order valence-corrected chi connectivity index (χ1v) is 9.68. The van der Waals surface area contributed by atoms with Crippen molar-refractivity contribution in [1.29, 1.82) is 0 Å². The summed E-state index contributed by atoms with van der Waals surface area (Å²) < 4.78 is 24.9. The molecule has 0 saturated heterocycles. The van der Waals surface area contributed by atoms with Crippen molar-refractivity contribution in [2.45, 2.75) is 11.8 Å². The third kappa shape index (κ3) is 3.72. The fourth-order valence-electron chi connectivity index (χ4n) is 2.15. The van der Waals surface area contributed by atoms with Crippen molar-refractivity contribution >= 4 is 27.1 Å². The Morgan fingerprint density at radius 1 is 0.958 bits per heavy atom. The molecule has 1 heterocycles. The summed E-state index contributed by atoms with van der Waals surface area (Å²) in [5, 5.41) is 6.13. The molecule has 6 heteroatoms. The van der Waals surface area contributed by atoms with Crippen LogP contribution in [0.15, 0.2) is 82.1 Å². The summed E-state index contributed by atoms with van der Waals surface area (Å²) in [6, 6.07) is 20.0. The molecule has 3 aromatic rings. The molecule has 122 valence electrons. The molecule has 0 saturated carbocycles. The summed E-state index contributed by atoms with van der Waals surface area (Å²) >= 11 is 1.51. The Balaban J connectivity index is 1.95. The van der Waals surface area contributed by atoms with Crippen LogP contribution in [-0.4, -0.2) is 14.1 Å². The molecule has 0 spiro atoms. The largest absolute Gasteiger partial charge is 0.276 e. The minimum atomic E-state index is -3.70. The van der Waals surface area contributed by atoms with Gasteiger partial charge in [-0.1, -0.05) is 54.1 Å². The lowest BCUT2D eigenvalue weighted by Crippen LogP contribution is -2.20. The zero-order valence-electron chi connectivity index (χ0n) is 13.0. The minimum absolute atomic E-state index is 0.190. The maximum Gasteiger partial charge on any atom is 0.276 e. The number of nitrogens with one attached hydrogen (secondary N) is 1. The van der Waals surface area contributed by atoms with Crippen LogP contribution in [-0.2, 0) is 10.0 Å². The van der Waals surface area contributed by atoms with Gasteiger partial charge >= 0.3 is 0 Å². The van der Waals surface area contributed by atoms with Crippen molar-refractivity contribution in [2.75, 3.05) is 0 Å². The van der Waals surface area contributed by atoms with Crippen LogP contribution in [0.3, 0.4) is 0 Å². The Kier molecular flexibility index (Phi) is 4.78. The molecule has 3 rings (SSSR count). The van der Waals surface area contributed by atoms with E-state index >= 15 is 0 Å². The normalized spacial score (nSPS) is 12.1. The summed E-state index contributed by atoms with van der Waals surface area (Å²) in [6.07, 6.45) is 0. The minimum Gasteiger partial charge on any atom is -0.200 e. The molecule has 4 nitrogen and oxygen atoms in total. The van der Waals surface area contributed by atoms with Gasteiger partial charge < -0.3 is 0 Å². The number of hydrazone groups is 1.